The molecule has 1 unspecified atom stereocenters. The Labute approximate surface area is 216 Å². The SMILES string of the molecule is CC1=C(C(=O)Nc2ccc(C)cc2C)C(c2ccc(Br)o2)n2nc(SCc3ccccc3)nc2N1. The summed E-state index contributed by atoms with van der Waals surface area (Å²) in [5, 5.41) is 11.7. The third-order valence-electron chi connectivity index (χ3n) is 5.78. The minimum atomic E-state index is -0.568. The summed E-state index contributed by atoms with van der Waals surface area (Å²) >= 11 is 4.93. The largest absolute Gasteiger partial charge is 0.452 e. The number of aryl methyl sites for hydroxylation is 2. The number of aromatic nitrogens is 3. The molecule has 0 bridgehead atoms. The van der Waals surface area contributed by atoms with Gasteiger partial charge in [0.1, 0.15) is 11.8 Å². The van der Waals surface area contributed by atoms with Gasteiger partial charge in [0.25, 0.3) is 5.91 Å². The second-order valence-corrected chi connectivity index (χ2v) is 10.1. The van der Waals surface area contributed by atoms with Crippen LogP contribution in [0.25, 0.3) is 0 Å². The van der Waals surface area contributed by atoms with Crippen LogP contribution in [-0.4, -0.2) is 20.7 Å². The van der Waals surface area contributed by atoms with Crippen LogP contribution in [0.5, 0.6) is 0 Å². The second-order valence-electron chi connectivity index (χ2n) is 8.42. The molecule has 4 aromatic rings. The number of hydrogen-bond donors (Lipinski definition) is 2. The minimum Gasteiger partial charge on any atom is -0.452 e. The Hall–Kier alpha value is -3.30. The summed E-state index contributed by atoms with van der Waals surface area (Å²) in [4.78, 5) is 18.3. The molecule has 0 saturated heterocycles. The molecule has 3 heterocycles. The van der Waals surface area contributed by atoms with E-state index in [9.17, 15) is 4.79 Å². The van der Waals surface area contributed by atoms with Crippen molar-refractivity contribution in [1.29, 1.82) is 0 Å². The highest BCUT2D eigenvalue weighted by Crippen LogP contribution is 2.38. The number of furan rings is 1. The quantitative estimate of drug-likeness (QED) is 0.268. The lowest BCUT2D eigenvalue weighted by molar-refractivity contribution is -0.113. The number of allylic oxidation sites excluding steroid dienone is 1. The maximum atomic E-state index is 13.6. The van der Waals surface area contributed by atoms with Gasteiger partial charge in [-0.2, -0.15) is 4.98 Å². The lowest BCUT2D eigenvalue weighted by atomic mass is 9.99. The van der Waals surface area contributed by atoms with Crippen LogP contribution in [0.2, 0.25) is 0 Å². The first-order chi connectivity index (χ1) is 16.9. The normalized spacial score (nSPS) is 15.0. The zero-order chi connectivity index (χ0) is 24.5. The number of nitrogens with zero attached hydrogens (tertiary/aromatic N) is 3. The fourth-order valence-corrected chi connectivity index (χ4v) is 5.19. The van der Waals surface area contributed by atoms with Crippen molar-refractivity contribution in [2.45, 2.75) is 37.7 Å². The Bertz CT molecular complexity index is 1430. The summed E-state index contributed by atoms with van der Waals surface area (Å²) in [5.74, 6) is 1.68. The molecule has 1 aliphatic rings. The van der Waals surface area contributed by atoms with Crippen LogP contribution in [0.3, 0.4) is 0 Å². The average molecular weight is 550 g/mol. The van der Waals surface area contributed by atoms with E-state index >= 15 is 0 Å². The monoisotopic (exact) mass is 549 g/mol. The standard InChI is InChI=1S/C26H24BrN5O2S/c1-15-9-10-19(16(2)13-15)29-24(33)22-17(3)28-25-30-26(35-14-18-7-5-4-6-8-18)31-32(25)23(22)20-11-12-21(27)34-20/h4-13,23H,14H2,1-3H3,(H,29,33)(H,28,30,31). The predicted molar refractivity (Wildman–Crippen MR) is 141 cm³/mol. The molecule has 0 saturated carbocycles. The van der Waals surface area contributed by atoms with Gasteiger partial charge >= 0.3 is 0 Å². The zero-order valence-corrected chi connectivity index (χ0v) is 21.9. The van der Waals surface area contributed by atoms with Crippen LogP contribution in [-0.2, 0) is 10.5 Å². The molecule has 7 nitrogen and oxygen atoms in total. The first kappa shape index (κ1) is 23.4. The molecule has 1 aliphatic heterocycles. The third kappa shape index (κ3) is 4.92. The number of halogens is 1. The zero-order valence-electron chi connectivity index (χ0n) is 19.5. The number of anilines is 2. The van der Waals surface area contributed by atoms with Crippen LogP contribution < -0.4 is 10.6 Å². The van der Waals surface area contributed by atoms with Crippen LogP contribution in [0.4, 0.5) is 11.6 Å². The molecular weight excluding hydrogens is 526 g/mol. The van der Waals surface area contributed by atoms with E-state index in [1.165, 1.54) is 5.56 Å². The van der Waals surface area contributed by atoms with E-state index in [1.807, 2.05) is 69.3 Å². The molecular formula is C26H24BrN5O2S. The van der Waals surface area contributed by atoms with Crippen molar-refractivity contribution >= 4 is 45.2 Å². The summed E-state index contributed by atoms with van der Waals surface area (Å²) in [6, 6.07) is 19.2. The number of nitrogens with one attached hydrogen (secondary N) is 2. The van der Waals surface area contributed by atoms with Crippen molar-refractivity contribution in [1.82, 2.24) is 14.8 Å². The summed E-state index contributed by atoms with van der Waals surface area (Å²) in [6.45, 7) is 5.88. The Kier molecular flexibility index (Phi) is 6.53. The van der Waals surface area contributed by atoms with Crippen molar-refractivity contribution in [2.75, 3.05) is 10.6 Å². The molecule has 0 aliphatic carbocycles. The number of fused-ring (bicyclic) bond motifs is 1. The Balaban J connectivity index is 1.48. The highest BCUT2D eigenvalue weighted by molar-refractivity contribution is 9.10. The smallest absolute Gasteiger partial charge is 0.256 e. The van der Waals surface area contributed by atoms with E-state index in [0.29, 0.717) is 32.8 Å². The third-order valence-corrected chi connectivity index (χ3v) is 7.12. The van der Waals surface area contributed by atoms with E-state index in [0.717, 1.165) is 22.6 Å². The molecule has 9 heteroatoms. The van der Waals surface area contributed by atoms with Crippen LogP contribution in [0.1, 0.15) is 35.4 Å². The first-order valence-electron chi connectivity index (χ1n) is 11.1. The molecule has 0 radical (unpaired) electrons. The Morgan fingerprint density at radius 2 is 1.94 bits per heavy atom. The van der Waals surface area contributed by atoms with Gasteiger partial charge < -0.3 is 15.1 Å². The lowest BCUT2D eigenvalue weighted by Gasteiger charge is -2.27. The van der Waals surface area contributed by atoms with Crippen LogP contribution in [0.15, 0.2) is 86.2 Å². The minimum absolute atomic E-state index is 0.223. The molecule has 2 aromatic heterocycles. The number of thioether (sulfide) groups is 1. The topological polar surface area (TPSA) is 85.0 Å². The van der Waals surface area contributed by atoms with E-state index in [2.05, 4.69) is 43.7 Å². The Morgan fingerprint density at radius 3 is 2.66 bits per heavy atom. The van der Waals surface area contributed by atoms with E-state index in [4.69, 9.17) is 9.52 Å². The lowest BCUT2D eigenvalue weighted by Crippen LogP contribution is -2.31. The first-order valence-corrected chi connectivity index (χ1v) is 12.9. The van der Waals surface area contributed by atoms with Gasteiger partial charge in [-0.1, -0.05) is 59.8 Å². The summed E-state index contributed by atoms with van der Waals surface area (Å²) in [6.07, 6.45) is 0. The number of benzene rings is 2. The summed E-state index contributed by atoms with van der Waals surface area (Å²) in [5.41, 5.74) is 5.31. The summed E-state index contributed by atoms with van der Waals surface area (Å²) < 4.78 is 8.22. The van der Waals surface area contributed by atoms with Crippen molar-refractivity contribution in [3.63, 3.8) is 0 Å². The Morgan fingerprint density at radius 1 is 1.14 bits per heavy atom. The van der Waals surface area contributed by atoms with E-state index in [1.54, 1.807) is 16.4 Å². The maximum absolute atomic E-state index is 13.6. The van der Waals surface area contributed by atoms with Gasteiger partial charge in [0.15, 0.2) is 4.67 Å². The molecule has 0 spiro atoms. The van der Waals surface area contributed by atoms with Gasteiger partial charge in [0.05, 0.1) is 5.57 Å². The molecule has 2 aromatic carbocycles. The van der Waals surface area contributed by atoms with Crippen molar-refractivity contribution in [3.8, 4) is 0 Å². The molecule has 5 rings (SSSR count). The van der Waals surface area contributed by atoms with Gasteiger partial charge in [-0.15, -0.1) is 5.10 Å². The van der Waals surface area contributed by atoms with Crippen LogP contribution >= 0.6 is 27.7 Å². The summed E-state index contributed by atoms with van der Waals surface area (Å²) in [7, 11) is 0. The van der Waals surface area contributed by atoms with Crippen molar-refractivity contribution in [2.24, 2.45) is 0 Å². The maximum Gasteiger partial charge on any atom is 0.256 e. The van der Waals surface area contributed by atoms with Gasteiger partial charge in [-0.25, -0.2) is 4.68 Å². The molecule has 2 N–H and O–H groups in total. The average Bonchev–Trinajstić information content (AvgIpc) is 3.44. The van der Waals surface area contributed by atoms with Gasteiger partial charge in [0, 0.05) is 17.1 Å². The predicted octanol–water partition coefficient (Wildman–Crippen LogP) is 6.47. The molecule has 178 valence electrons. The number of carbonyl (C=O) groups is 1. The number of amides is 1. The van der Waals surface area contributed by atoms with Crippen molar-refractivity contribution in [3.05, 3.63) is 99.1 Å². The molecule has 35 heavy (non-hydrogen) atoms. The second kappa shape index (κ2) is 9.75. The van der Waals surface area contributed by atoms with E-state index in [-0.39, 0.29) is 5.91 Å². The van der Waals surface area contributed by atoms with Gasteiger partial charge in [0.2, 0.25) is 11.1 Å². The van der Waals surface area contributed by atoms with Gasteiger partial charge in [-0.3, -0.25) is 4.79 Å². The fraction of sp³-hybridized carbons (Fsp3) is 0.192. The fourth-order valence-electron chi connectivity index (χ4n) is 4.09. The van der Waals surface area contributed by atoms with Crippen LogP contribution in [0, 0.1) is 13.8 Å². The molecule has 1 atom stereocenters. The highest BCUT2D eigenvalue weighted by Gasteiger charge is 2.36. The molecule has 0 fully saturated rings. The molecule has 1 amide bonds. The van der Waals surface area contributed by atoms with Crippen molar-refractivity contribution < 1.29 is 9.21 Å². The number of hydrogen-bond acceptors (Lipinski definition) is 6. The number of carbonyl (C=O) groups excluding carboxylic acids is 1. The van der Waals surface area contributed by atoms with Gasteiger partial charge in [-0.05, 0) is 66.0 Å². The highest BCUT2D eigenvalue weighted by atomic mass is 79.9. The number of rotatable bonds is 6. The van der Waals surface area contributed by atoms with E-state index < -0.39 is 6.04 Å².